The van der Waals surface area contributed by atoms with Crippen molar-refractivity contribution in [3.63, 3.8) is 0 Å². The van der Waals surface area contributed by atoms with Crippen LogP contribution in [0.15, 0.2) is 242 Å². The zero-order chi connectivity index (χ0) is 38.9. The summed E-state index contributed by atoms with van der Waals surface area (Å²) in [5, 5.41) is 0. The average molecular weight is 753 g/mol. The van der Waals surface area contributed by atoms with Gasteiger partial charge in [-0.25, -0.2) is 0 Å². The Morgan fingerprint density at radius 2 is 0.793 bits per heavy atom. The van der Waals surface area contributed by atoms with Crippen molar-refractivity contribution in [3.05, 3.63) is 242 Å². The van der Waals surface area contributed by atoms with Gasteiger partial charge in [0.05, 0.1) is 6.04 Å². The van der Waals surface area contributed by atoms with Crippen molar-refractivity contribution >= 4 is 45.5 Å². The second-order valence-electron chi connectivity index (χ2n) is 14.8. The topological polar surface area (TPSA) is 13.0 Å². The van der Waals surface area contributed by atoms with E-state index in [1.165, 1.54) is 28.5 Å². The standard InChI is InChI=1S/C54H48N4/c1-7-19-43(20-8-1)55(44-21-9-2-10-22-44)49-31-37-52(38-32-49)58(53-39-33-50(34-40-53)56(45-23-11-3-12-24-45)46-25-13-4-14-26-46)54-41-35-51(36-42-54)57(47-27-15-5-16-28-47)48-29-17-6-18-30-48/h1-5,7-17,19-25,27-31,33-37,39-42,46H,6,18,26,32,38H2. The molecule has 284 valence electrons. The maximum absolute atomic E-state index is 2.45. The lowest BCUT2D eigenvalue weighted by molar-refractivity contribution is 0.785. The van der Waals surface area contributed by atoms with Gasteiger partial charge in [0.25, 0.3) is 0 Å². The van der Waals surface area contributed by atoms with E-state index in [1.54, 1.807) is 0 Å². The van der Waals surface area contributed by atoms with Crippen LogP contribution in [0.3, 0.4) is 0 Å². The Hall–Kier alpha value is -7.04. The van der Waals surface area contributed by atoms with Gasteiger partial charge >= 0.3 is 0 Å². The molecule has 0 N–H and O–H groups in total. The number of anilines is 8. The quantitative estimate of drug-likeness (QED) is 0.123. The van der Waals surface area contributed by atoms with Gasteiger partial charge in [0.15, 0.2) is 0 Å². The van der Waals surface area contributed by atoms with Crippen LogP contribution in [0.1, 0.15) is 32.1 Å². The molecule has 4 heteroatoms. The van der Waals surface area contributed by atoms with Crippen LogP contribution in [-0.2, 0) is 0 Å². The average Bonchev–Trinajstić information content (AvgIpc) is 3.30. The van der Waals surface area contributed by atoms with Crippen LogP contribution in [0.25, 0.3) is 0 Å². The van der Waals surface area contributed by atoms with Crippen LogP contribution in [-0.4, -0.2) is 6.04 Å². The molecule has 3 aliphatic carbocycles. The third-order valence-corrected chi connectivity index (χ3v) is 11.0. The van der Waals surface area contributed by atoms with Gasteiger partial charge in [0.2, 0.25) is 0 Å². The molecule has 58 heavy (non-hydrogen) atoms. The lowest BCUT2D eigenvalue weighted by Crippen LogP contribution is -2.29. The zero-order valence-electron chi connectivity index (χ0n) is 32.8. The molecule has 0 aliphatic heterocycles. The van der Waals surface area contributed by atoms with Gasteiger partial charge in [-0.15, -0.1) is 0 Å². The fraction of sp³-hybridized carbons (Fsp3) is 0.111. The van der Waals surface area contributed by atoms with E-state index in [0.717, 1.165) is 66.2 Å². The largest absolute Gasteiger partial charge is 0.334 e. The summed E-state index contributed by atoms with van der Waals surface area (Å²) in [6.45, 7) is 0. The Kier molecular flexibility index (Phi) is 11.0. The molecule has 1 unspecified atom stereocenters. The number of allylic oxidation sites excluding steroid dienone is 9. The molecule has 0 aromatic heterocycles. The monoisotopic (exact) mass is 752 g/mol. The molecule has 6 aromatic carbocycles. The second kappa shape index (κ2) is 17.4. The molecule has 6 aromatic rings. The summed E-state index contributed by atoms with van der Waals surface area (Å²) in [4.78, 5) is 9.65. The molecule has 9 rings (SSSR count). The molecule has 0 fully saturated rings. The van der Waals surface area contributed by atoms with Gasteiger partial charge in [-0.1, -0.05) is 109 Å². The van der Waals surface area contributed by atoms with Crippen molar-refractivity contribution in [3.8, 4) is 0 Å². The highest BCUT2D eigenvalue weighted by atomic mass is 15.2. The summed E-state index contributed by atoms with van der Waals surface area (Å²) >= 11 is 0. The lowest BCUT2D eigenvalue weighted by atomic mass is 10.0. The molecular formula is C54H48N4. The van der Waals surface area contributed by atoms with Crippen LogP contribution in [0.4, 0.5) is 45.5 Å². The first-order valence-electron chi connectivity index (χ1n) is 20.5. The Labute approximate surface area is 343 Å². The van der Waals surface area contributed by atoms with E-state index in [-0.39, 0.29) is 6.04 Å². The van der Waals surface area contributed by atoms with E-state index in [4.69, 9.17) is 0 Å². The minimum Gasteiger partial charge on any atom is -0.334 e. The van der Waals surface area contributed by atoms with Crippen molar-refractivity contribution in [1.29, 1.82) is 0 Å². The van der Waals surface area contributed by atoms with Crippen molar-refractivity contribution in [1.82, 2.24) is 0 Å². The molecule has 0 radical (unpaired) electrons. The highest BCUT2D eigenvalue weighted by Crippen LogP contribution is 2.41. The fourth-order valence-corrected chi connectivity index (χ4v) is 8.29. The van der Waals surface area contributed by atoms with Crippen molar-refractivity contribution in [2.45, 2.75) is 38.1 Å². The molecule has 3 aliphatic rings. The molecule has 4 nitrogen and oxygen atoms in total. The van der Waals surface area contributed by atoms with Gasteiger partial charge in [0.1, 0.15) is 0 Å². The summed E-state index contributed by atoms with van der Waals surface area (Å²) in [5.41, 5.74) is 13.0. The van der Waals surface area contributed by atoms with Crippen molar-refractivity contribution in [2.24, 2.45) is 0 Å². The van der Waals surface area contributed by atoms with Gasteiger partial charge in [-0.05, 0) is 147 Å². The molecule has 0 amide bonds. The number of benzene rings is 6. The third kappa shape index (κ3) is 7.96. The van der Waals surface area contributed by atoms with Crippen LogP contribution >= 0.6 is 0 Å². The highest BCUT2D eigenvalue weighted by molar-refractivity contribution is 5.77. The van der Waals surface area contributed by atoms with Crippen LogP contribution < -0.4 is 19.6 Å². The molecule has 0 saturated heterocycles. The van der Waals surface area contributed by atoms with Crippen LogP contribution in [0, 0.1) is 0 Å². The van der Waals surface area contributed by atoms with Crippen molar-refractivity contribution in [2.75, 3.05) is 19.6 Å². The molecule has 0 bridgehead atoms. The minimum absolute atomic E-state index is 0.241. The van der Waals surface area contributed by atoms with E-state index in [2.05, 4.69) is 244 Å². The number of nitrogens with zero attached hydrogens (tertiary/aromatic N) is 4. The first kappa shape index (κ1) is 36.6. The number of rotatable bonds is 12. The van der Waals surface area contributed by atoms with Crippen LogP contribution in [0.5, 0.6) is 0 Å². The van der Waals surface area contributed by atoms with Gasteiger partial charge < -0.3 is 19.6 Å². The summed E-state index contributed by atoms with van der Waals surface area (Å²) in [6, 6.07) is 61.3. The van der Waals surface area contributed by atoms with Crippen molar-refractivity contribution < 1.29 is 0 Å². The normalized spacial score (nSPS) is 15.9. The predicted molar refractivity (Wildman–Crippen MR) is 246 cm³/mol. The van der Waals surface area contributed by atoms with E-state index >= 15 is 0 Å². The Balaban J connectivity index is 1.11. The number of hydrogen-bond donors (Lipinski definition) is 0. The maximum atomic E-state index is 2.45. The highest BCUT2D eigenvalue weighted by Gasteiger charge is 2.24. The summed E-state index contributed by atoms with van der Waals surface area (Å²) < 4.78 is 0. The smallest absolute Gasteiger partial charge is 0.0559 e. The predicted octanol–water partition coefficient (Wildman–Crippen LogP) is 14.6. The van der Waals surface area contributed by atoms with E-state index in [1.807, 2.05) is 0 Å². The Morgan fingerprint density at radius 1 is 0.379 bits per heavy atom. The molecule has 1 atom stereocenters. The van der Waals surface area contributed by atoms with E-state index < -0.39 is 0 Å². The van der Waals surface area contributed by atoms with Crippen LogP contribution in [0.2, 0.25) is 0 Å². The Bertz CT molecular complexity index is 2420. The number of para-hydroxylation sites is 4. The zero-order valence-corrected chi connectivity index (χ0v) is 32.8. The van der Waals surface area contributed by atoms with Gasteiger partial charge in [0, 0.05) is 62.6 Å². The summed E-state index contributed by atoms with van der Waals surface area (Å²) in [6.07, 6.45) is 25.2. The Morgan fingerprint density at radius 3 is 1.22 bits per heavy atom. The summed E-state index contributed by atoms with van der Waals surface area (Å²) in [5.74, 6) is 0. The fourth-order valence-electron chi connectivity index (χ4n) is 8.29. The van der Waals surface area contributed by atoms with E-state index in [9.17, 15) is 0 Å². The molecule has 0 spiro atoms. The maximum Gasteiger partial charge on any atom is 0.0559 e. The minimum atomic E-state index is 0.241. The van der Waals surface area contributed by atoms with Gasteiger partial charge in [-0.3, -0.25) is 0 Å². The molecule has 0 heterocycles. The molecular weight excluding hydrogens is 705 g/mol. The second-order valence-corrected chi connectivity index (χ2v) is 14.8. The SMILES string of the molecule is C1=CCC(N(c2ccccc2)c2ccc(N(C3=CC=C(N(c4ccccc4)c4ccccc4)CC3)c3ccc(N(C4=CCCC=C4)c4ccccc4)cc3)cc2)C=C1. The number of hydrogen-bond acceptors (Lipinski definition) is 4. The lowest BCUT2D eigenvalue weighted by Gasteiger charge is -2.35. The first-order valence-corrected chi connectivity index (χ1v) is 20.5. The first-order chi connectivity index (χ1) is 28.8. The van der Waals surface area contributed by atoms with Gasteiger partial charge in [-0.2, -0.15) is 0 Å². The summed E-state index contributed by atoms with van der Waals surface area (Å²) in [7, 11) is 0. The third-order valence-electron chi connectivity index (χ3n) is 11.0. The van der Waals surface area contributed by atoms with E-state index in [0.29, 0.717) is 0 Å². The molecule has 0 saturated carbocycles.